The van der Waals surface area contributed by atoms with Crippen molar-refractivity contribution < 1.29 is 14.3 Å². The fourth-order valence-corrected chi connectivity index (χ4v) is 2.45. The second kappa shape index (κ2) is 8.36. The summed E-state index contributed by atoms with van der Waals surface area (Å²) in [5, 5.41) is 2.93. The molecule has 0 spiro atoms. The maximum atomic E-state index is 12.0. The molecule has 2 rings (SSSR count). The van der Waals surface area contributed by atoms with E-state index in [2.05, 4.69) is 5.32 Å². The number of benzene rings is 1. The van der Waals surface area contributed by atoms with Gasteiger partial charge in [0.25, 0.3) is 0 Å². The van der Waals surface area contributed by atoms with Crippen LogP contribution in [0.3, 0.4) is 0 Å². The summed E-state index contributed by atoms with van der Waals surface area (Å²) in [5.74, 6) is 2.22. The van der Waals surface area contributed by atoms with Gasteiger partial charge < -0.3 is 20.5 Å². The van der Waals surface area contributed by atoms with Crippen LogP contribution in [0.5, 0.6) is 11.5 Å². The lowest BCUT2D eigenvalue weighted by molar-refractivity contribution is -0.123. The van der Waals surface area contributed by atoms with Crippen LogP contribution in [-0.2, 0) is 4.79 Å². The van der Waals surface area contributed by atoms with Gasteiger partial charge in [-0.1, -0.05) is 6.07 Å². The van der Waals surface area contributed by atoms with Crippen molar-refractivity contribution in [2.24, 2.45) is 5.73 Å². The van der Waals surface area contributed by atoms with Gasteiger partial charge >= 0.3 is 0 Å². The second-order valence-corrected chi connectivity index (χ2v) is 5.72. The van der Waals surface area contributed by atoms with Crippen LogP contribution in [-0.4, -0.2) is 30.8 Å². The Morgan fingerprint density at radius 3 is 2.86 bits per heavy atom. The molecule has 1 aromatic carbocycles. The number of hydrogen-bond acceptors (Lipinski definition) is 5. The Morgan fingerprint density at radius 1 is 1.43 bits per heavy atom. The molecule has 21 heavy (non-hydrogen) atoms. The van der Waals surface area contributed by atoms with E-state index in [4.69, 9.17) is 15.2 Å². The number of carbonyl (C=O) groups is 1. The highest BCUT2D eigenvalue weighted by atomic mass is 35.5. The number of thioether (sulfide) groups is 1. The summed E-state index contributed by atoms with van der Waals surface area (Å²) in [5.41, 5.74) is 6.82. The highest BCUT2D eigenvalue weighted by Gasteiger charge is 2.19. The van der Waals surface area contributed by atoms with Gasteiger partial charge in [-0.25, -0.2) is 0 Å². The standard InChI is InChI=1S/C14H20N2O3S.ClH/c1-9(16-14(17)11(15)5-6-20-2)10-3-4-12-13(7-10)19-8-18-12;/h3-4,7,9,11H,5-6,8,15H2,1-2H3,(H,16,17);1H/t9?,11-;/m0./s1. The predicted molar refractivity (Wildman–Crippen MR) is 87.3 cm³/mol. The number of nitrogens with one attached hydrogen (secondary N) is 1. The first-order valence-electron chi connectivity index (χ1n) is 6.56. The monoisotopic (exact) mass is 332 g/mol. The molecule has 5 nitrogen and oxygen atoms in total. The summed E-state index contributed by atoms with van der Waals surface area (Å²) in [6, 6.07) is 5.09. The van der Waals surface area contributed by atoms with Gasteiger partial charge in [0.05, 0.1) is 12.1 Å². The van der Waals surface area contributed by atoms with Gasteiger partial charge in [0.15, 0.2) is 11.5 Å². The van der Waals surface area contributed by atoms with E-state index in [0.717, 1.165) is 22.8 Å². The molecule has 118 valence electrons. The normalized spacial score (nSPS) is 15.0. The predicted octanol–water partition coefficient (Wildman–Crippen LogP) is 2.09. The number of rotatable bonds is 6. The maximum absolute atomic E-state index is 12.0. The van der Waals surface area contributed by atoms with Crippen LogP contribution in [0.1, 0.15) is 24.9 Å². The van der Waals surface area contributed by atoms with Gasteiger partial charge in [0.2, 0.25) is 12.7 Å². The van der Waals surface area contributed by atoms with E-state index in [1.807, 2.05) is 31.4 Å². The second-order valence-electron chi connectivity index (χ2n) is 4.73. The van der Waals surface area contributed by atoms with Crippen LogP contribution < -0.4 is 20.5 Å². The Balaban J connectivity index is 0.00000220. The number of halogens is 1. The van der Waals surface area contributed by atoms with Crippen molar-refractivity contribution in [3.63, 3.8) is 0 Å². The van der Waals surface area contributed by atoms with E-state index in [1.54, 1.807) is 11.8 Å². The fourth-order valence-electron chi connectivity index (χ4n) is 1.96. The maximum Gasteiger partial charge on any atom is 0.237 e. The number of ether oxygens (including phenoxy) is 2. The molecular weight excluding hydrogens is 312 g/mol. The minimum absolute atomic E-state index is 0. The molecule has 1 amide bonds. The molecule has 0 saturated carbocycles. The summed E-state index contributed by atoms with van der Waals surface area (Å²) in [6.45, 7) is 2.18. The minimum atomic E-state index is -0.459. The molecule has 3 N–H and O–H groups in total. The molecule has 1 aliphatic heterocycles. The summed E-state index contributed by atoms with van der Waals surface area (Å²) in [4.78, 5) is 12.0. The quantitative estimate of drug-likeness (QED) is 0.834. The molecular formula is C14H21ClN2O3S. The Hall–Kier alpha value is -1.11. The third kappa shape index (κ3) is 4.69. The van der Waals surface area contributed by atoms with E-state index in [9.17, 15) is 4.79 Å². The topological polar surface area (TPSA) is 73.6 Å². The van der Waals surface area contributed by atoms with Crippen LogP contribution in [0.4, 0.5) is 0 Å². The van der Waals surface area contributed by atoms with E-state index >= 15 is 0 Å². The van der Waals surface area contributed by atoms with Crippen molar-refractivity contribution in [2.45, 2.75) is 25.4 Å². The molecule has 7 heteroatoms. The fraction of sp³-hybridized carbons (Fsp3) is 0.500. The highest BCUT2D eigenvalue weighted by molar-refractivity contribution is 7.98. The van der Waals surface area contributed by atoms with Crippen molar-refractivity contribution in [1.82, 2.24) is 5.32 Å². The zero-order valence-electron chi connectivity index (χ0n) is 12.1. The van der Waals surface area contributed by atoms with Crippen molar-refractivity contribution in [1.29, 1.82) is 0 Å². The number of amides is 1. The van der Waals surface area contributed by atoms with E-state index in [1.165, 1.54) is 0 Å². The first-order chi connectivity index (χ1) is 9.61. The zero-order valence-corrected chi connectivity index (χ0v) is 13.8. The van der Waals surface area contributed by atoms with Crippen molar-refractivity contribution in [2.75, 3.05) is 18.8 Å². The summed E-state index contributed by atoms with van der Waals surface area (Å²) < 4.78 is 10.6. The molecule has 0 aliphatic carbocycles. The molecule has 0 aromatic heterocycles. The first-order valence-corrected chi connectivity index (χ1v) is 7.95. The largest absolute Gasteiger partial charge is 0.454 e. The van der Waals surface area contributed by atoms with Gasteiger partial charge in [-0.05, 0) is 43.0 Å². The summed E-state index contributed by atoms with van der Waals surface area (Å²) in [7, 11) is 0. The van der Waals surface area contributed by atoms with Crippen LogP contribution in [0.25, 0.3) is 0 Å². The molecule has 1 aromatic rings. The van der Waals surface area contributed by atoms with Gasteiger partial charge in [0, 0.05) is 0 Å². The van der Waals surface area contributed by atoms with Crippen molar-refractivity contribution >= 4 is 30.1 Å². The van der Waals surface area contributed by atoms with Gasteiger partial charge in [-0.15, -0.1) is 12.4 Å². The number of nitrogens with two attached hydrogens (primary N) is 1. The van der Waals surface area contributed by atoms with Crippen LogP contribution in [0, 0.1) is 0 Å². The third-order valence-corrected chi connectivity index (χ3v) is 3.87. The average Bonchev–Trinajstić information content (AvgIpc) is 2.91. The molecule has 0 saturated heterocycles. The van der Waals surface area contributed by atoms with Gasteiger partial charge in [-0.3, -0.25) is 4.79 Å². The van der Waals surface area contributed by atoms with E-state index < -0.39 is 6.04 Å². The lowest BCUT2D eigenvalue weighted by atomic mass is 10.1. The Labute approximate surface area is 135 Å². The smallest absolute Gasteiger partial charge is 0.237 e. The molecule has 1 aliphatic rings. The summed E-state index contributed by atoms with van der Waals surface area (Å²) >= 11 is 1.69. The summed E-state index contributed by atoms with van der Waals surface area (Å²) in [6.07, 6.45) is 2.68. The van der Waals surface area contributed by atoms with Gasteiger partial charge in [0.1, 0.15) is 0 Å². The first kappa shape index (κ1) is 17.9. The van der Waals surface area contributed by atoms with E-state index in [0.29, 0.717) is 6.42 Å². The zero-order chi connectivity index (χ0) is 14.5. The Morgan fingerprint density at radius 2 is 2.14 bits per heavy atom. The highest BCUT2D eigenvalue weighted by Crippen LogP contribution is 2.34. The number of fused-ring (bicyclic) bond motifs is 1. The molecule has 2 atom stereocenters. The molecule has 0 fully saturated rings. The Bertz CT molecular complexity index is 487. The Kier molecular flexibility index (Phi) is 7.14. The number of hydrogen-bond donors (Lipinski definition) is 2. The molecule has 1 heterocycles. The van der Waals surface area contributed by atoms with Crippen molar-refractivity contribution in [3.05, 3.63) is 23.8 Å². The van der Waals surface area contributed by atoms with Crippen LogP contribution in [0.2, 0.25) is 0 Å². The lowest BCUT2D eigenvalue weighted by Crippen LogP contribution is -2.41. The third-order valence-electron chi connectivity index (χ3n) is 3.23. The van der Waals surface area contributed by atoms with Crippen molar-refractivity contribution in [3.8, 4) is 11.5 Å². The number of carbonyl (C=O) groups excluding carboxylic acids is 1. The average molecular weight is 333 g/mol. The molecule has 0 bridgehead atoms. The van der Waals surface area contributed by atoms with Crippen LogP contribution >= 0.6 is 24.2 Å². The van der Waals surface area contributed by atoms with Crippen LogP contribution in [0.15, 0.2) is 18.2 Å². The minimum Gasteiger partial charge on any atom is -0.454 e. The SMILES string of the molecule is CSCC[C@H](N)C(=O)NC(C)c1ccc2c(c1)OCO2.Cl. The van der Waals surface area contributed by atoms with E-state index in [-0.39, 0.29) is 31.1 Å². The molecule has 0 radical (unpaired) electrons. The lowest BCUT2D eigenvalue weighted by Gasteiger charge is -2.18. The molecule has 1 unspecified atom stereocenters. The van der Waals surface area contributed by atoms with Gasteiger partial charge in [-0.2, -0.15) is 11.8 Å².